The fourth-order valence-electron chi connectivity index (χ4n) is 2.38. The Morgan fingerprint density at radius 2 is 1.30 bits per heavy atom. The second kappa shape index (κ2) is 8.44. The number of benzene rings is 3. The van der Waals surface area contributed by atoms with Gasteiger partial charge in [0.25, 0.3) is 11.8 Å². The summed E-state index contributed by atoms with van der Waals surface area (Å²) < 4.78 is 0. The van der Waals surface area contributed by atoms with E-state index in [1.807, 2.05) is 0 Å². The third kappa shape index (κ3) is 5.01. The minimum absolute atomic E-state index is 0.262. The normalized spacial score (nSPS) is 10.3. The van der Waals surface area contributed by atoms with E-state index in [1.165, 1.54) is 6.07 Å². The minimum Gasteiger partial charge on any atom is -0.322 e. The smallest absolute Gasteiger partial charge is 0.257 e. The van der Waals surface area contributed by atoms with Gasteiger partial charge in [-0.2, -0.15) is 0 Å². The summed E-state index contributed by atoms with van der Waals surface area (Å²) in [5.41, 5.74) is 1.72. The molecule has 0 aliphatic heterocycles. The minimum atomic E-state index is -0.402. The molecular weight excluding hydrogens is 407 g/mol. The fourth-order valence-corrected chi connectivity index (χ4v) is 2.94. The lowest BCUT2D eigenvalue weighted by atomic mass is 10.2. The Kier molecular flexibility index (Phi) is 6.01. The Labute approximate surface area is 171 Å². The summed E-state index contributed by atoms with van der Waals surface area (Å²) in [6.45, 7) is 0. The third-order valence-corrected chi connectivity index (χ3v) is 4.44. The Morgan fingerprint density at radius 1 is 0.667 bits per heavy atom. The maximum absolute atomic E-state index is 12.4. The molecule has 3 aromatic rings. The Bertz CT molecular complexity index is 1020. The van der Waals surface area contributed by atoms with E-state index in [4.69, 9.17) is 34.8 Å². The summed E-state index contributed by atoms with van der Waals surface area (Å²) in [5.74, 6) is -0.709. The Morgan fingerprint density at radius 3 is 2.00 bits per heavy atom. The maximum atomic E-state index is 12.4. The van der Waals surface area contributed by atoms with Crippen molar-refractivity contribution in [3.05, 3.63) is 92.9 Å². The van der Waals surface area contributed by atoms with Gasteiger partial charge < -0.3 is 10.6 Å². The molecule has 0 saturated carbocycles. The second-order valence-electron chi connectivity index (χ2n) is 5.62. The van der Waals surface area contributed by atoms with Crippen LogP contribution in [0.15, 0.2) is 66.7 Å². The first-order valence-electron chi connectivity index (χ1n) is 7.86. The molecule has 0 unspecified atom stereocenters. The van der Waals surface area contributed by atoms with Crippen LogP contribution in [0.1, 0.15) is 20.7 Å². The van der Waals surface area contributed by atoms with Crippen LogP contribution >= 0.6 is 34.8 Å². The quantitative estimate of drug-likeness (QED) is 0.533. The number of carbonyl (C=O) groups excluding carboxylic acids is 2. The average molecular weight is 420 g/mol. The first-order chi connectivity index (χ1) is 12.9. The molecule has 0 fully saturated rings. The molecule has 3 aromatic carbocycles. The zero-order chi connectivity index (χ0) is 19.4. The van der Waals surface area contributed by atoms with Crippen LogP contribution in [0.4, 0.5) is 11.4 Å². The van der Waals surface area contributed by atoms with Gasteiger partial charge in [-0.3, -0.25) is 9.59 Å². The lowest BCUT2D eigenvalue weighted by molar-refractivity contribution is 0.101. The highest BCUT2D eigenvalue weighted by molar-refractivity contribution is 6.36. The van der Waals surface area contributed by atoms with Gasteiger partial charge in [-0.25, -0.2) is 0 Å². The molecule has 136 valence electrons. The van der Waals surface area contributed by atoms with Crippen molar-refractivity contribution in [1.29, 1.82) is 0 Å². The van der Waals surface area contributed by atoms with Crippen molar-refractivity contribution < 1.29 is 9.59 Å². The van der Waals surface area contributed by atoms with Crippen molar-refractivity contribution in [2.75, 3.05) is 10.6 Å². The van der Waals surface area contributed by atoms with Gasteiger partial charge in [-0.1, -0.05) is 46.9 Å². The average Bonchev–Trinajstić information content (AvgIpc) is 2.64. The van der Waals surface area contributed by atoms with Crippen LogP contribution in [0.3, 0.4) is 0 Å². The highest BCUT2D eigenvalue weighted by Crippen LogP contribution is 2.23. The van der Waals surface area contributed by atoms with Crippen molar-refractivity contribution in [3.63, 3.8) is 0 Å². The molecule has 0 aromatic heterocycles. The third-order valence-electron chi connectivity index (χ3n) is 3.64. The monoisotopic (exact) mass is 418 g/mol. The molecule has 27 heavy (non-hydrogen) atoms. The van der Waals surface area contributed by atoms with Crippen molar-refractivity contribution in [3.8, 4) is 0 Å². The SMILES string of the molecule is O=C(Nc1cccc(NC(=O)c2cc(Cl)ccc2Cl)c1)c1cccc(Cl)c1. The first kappa shape index (κ1) is 19.2. The predicted octanol–water partition coefficient (Wildman–Crippen LogP) is 6.15. The van der Waals surface area contributed by atoms with Gasteiger partial charge in [-0.05, 0) is 54.6 Å². The van der Waals surface area contributed by atoms with Crippen molar-refractivity contribution >= 4 is 58.0 Å². The van der Waals surface area contributed by atoms with Crippen LogP contribution < -0.4 is 10.6 Å². The van der Waals surface area contributed by atoms with Gasteiger partial charge in [0, 0.05) is 27.0 Å². The van der Waals surface area contributed by atoms with Gasteiger partial charge in [0.1, 0.15) is 0 Å². The zero-order valence-electron chi connectivity index (χ0n) is 13.8. The lowest BCUT2D eigenvalue weighted by Crippen LogP contribution is -2.14. The molecule has 4 nitrogen and oxygen atoms in total. The van der Waals surface area contributed by atoms with E-state index in [0.29, 0.717) is 32.0 Å². The van der Waals surface area contributed by atoms with Gasteiger partial charge in [-0.15, -0.1) is 0 Å². The second-order valence-corrected chi connectivity index (χ2v) is 6.90. The van der Waals surface area contributed by atoms with Crippen LogP contribution in [0.25, 0.3) is 0 Å². The molecule has 0 radical (unpaired) electrons. The molecule has 0 aliphatic carbocycles. The van der Waals surface area contributed by atoms with Crippen LogP contribution in [0, 0.1) is 0 Å². The fraction of sp³-hybridized carbons (Fsp3) is 0. The largest absolute Gasteiger partial charge is 0.322 e. The molecule has 2 amide bonds. The van der Waals surface area contributed by atoms with E-state index in [9.17, 15) is 9.59 Å². The number of carbonyl (C=O) groups is 2. The topological polar surface area (TPSA) is 58.2 Å². The maximum Gasteiger partial charge on any atom is 0.257 e. The van der Waals surface area contributed by atoms with E-state index < -0.39 is 5.91 Å². The first-order valence-corrected chi connectivity index (χ1v) is 8.99. The molecule has 7 heteroatoms. The molecule has 0 spiro atoms. The summed E-state index contributed by atoms with van der Waals surface area (Å²) in [6.07, 6.45) is 0. The standard InChI is InChI=1S/C20H13Cl3N2O2/c21-13-4-1-3-12(9-13)19(26)24-15-5-2-6-16(11-15)25-20(27)17-10-14(22)7-8-18(17)23/h1-11H,(H,24,26)(H,25,27). The van der Waals surface area contributed by atoms with Crippen molar-refractivity contribution in [2.24, 2.45) is 0 Å². The van der Waals surface area contributed by atoms with Crippen LogP contribution in [-0.4, -0.2) is 11.8 Å². The van der Waals surface area contributed by atoms with Gasteiger partial charge in [0.05, 0.1) is 10.6 Å². The predicted molar refractivity (Wildman–Crippen MR) is 110 cm³/mol. The highest BCUT2D eigenvalue weighted by Gasteiger charge is 2.12. The Hall–Kier alpha value is -2.53. The van der Waals surface area contributed by atoms with E-state index in [2.05, 4.69) is 10.6 Å². The van der Waals surface area contributed by atoms with E-state index in [-0.39, 0.29) is 11.5 Å². The van der Waals surface area contributed by atoms with Crippen LogP contribution in [0.5, 0.6) is 0 Å². The molecule has 0 atom stereocenters. The molecule has 3 rings (SSSR count). The van der Waals surface area contributed by atoms with Crippen LogP contribution in [-0.2, 0) is 0 Å². The molecule has 0 aliphatic rings. The molecule has 0 heterocycles. The van der Waals surface area contributed by atoms with Crippen molar-refractivity contribution in [1.82, 2.24) is 0 Å². The van der Waals surface area contributed by atoms with E-state index in [1.54, 1.807) is 60.7 Å². The van der Waals surface area contributed by atoms with Crippen LogP contribution in [0.2, 0.25) is 15.1 Å². The molecule has 2 N–H and O–H groups in total. The van der Waals surface area contributed by atoms with Gasteiger partial charge in [0.2, 0.25) is 0 Å². The van der Waals surface area contributed by atoms with Gasteiger partial charge in [0.15, 0.2) is 0 Å². The zero-order valence-corrected chi connectivity index (χ0v) is 16.1. The number of rotatable bonds is 4. The molecule has 0 saturated heterocycles. The Balaban J connectivity index is 1.74. The number of anilines is 2. The summed E-state index contributed by atoms with van der Waals surface area (Å²) in [6, 6.07) is 18.0. The van der Waals surface area contributed by atoms with Crippen molar-refractivity contribution in [2.45, 2.75) is 0 Å². The summed E-state index contributed by atoms with van der Waals surface area (Å²) in [4.78, 5) is 24.7. The number of hydrogen-bond acceptors (Lipinski definition) is 2. The highest BCUT2D eigenvalue weighted by atomic mass is 35.5. The number of hydrogen-bond donors (Lipinski definition) is 2. The summed E-state index contributed by atoms with van der Waals surface area (Å²) in [5, 5.41) is 6.67. The lowest BCUT2D eigenvalue weighted by Gasteiger charge is -2.10. The van der Waals surface area contributed by atoms with E-state index in [0.717, 1.165) is 0 Å². The van der Waals surface area contributed by atoms with Gasteiger partial charge >= 0.3 is 0 Å². The molecular formula is C20H13Cl3N2O2. The summed E-state index contributed by atoms with van der Waals surface area (Å²) >= 11 is 17.9. The number of halogens is 3. The summed E-state index contributed by atoms with van der Waals surface area (Å²) in [7, 11) is 0. The molecule has 0 bridgehead atoms. The number of nitrogens with one attached hydrogen (secondary N) is 2. The van der Waals surface area contributed by atoms with E-state index >= 15 is 0 Å². The number of amides is 2.